The third-order valence-electron chi connectivity index (χ3n) is 2.50. The van der Waals surface area contributed by atoms with Crippen molar-refractivity contribution in [2.45, 2.75) is 25.7 Å². The maximum atomic E-state index is 6.17. The maximum absolute atomic E-state index is 6.17. The molecular formula is C12H12Cl4. The molecule has 16 heavy (non-hydrogen) atoms. The molecule has 0 amide bonds. The summed E-state index contributed by atoms with van der Waals surface area (Å²) in [6, 6.07) is 1.57. The number of rotatable bonds is 4. The van der Waals surface area contributed by atoms with Crippen molar-refractivity contribution in [2.75, 3.05) is 0 Å². The Morgan fingerprint density at radius 3 is 2.06 bits per heavy atom. The van der Waals surface area contributed by atoms with Crippen LogP contribution in [0.3, 0.4) is 0 Å². The molecule has 1 aromatic rings. The maximum Gasteiger partial charge on any atom is 0.0643 e. The molecule has 4 heteroatoms. The second-order valence-corrected chi connectivity index (χ2v) is 5.08. The average Bonchev–Trinajstić information content (AvgIpc) is 2.25. The Kier molecular flexibility index (Phi) is 5.46. The highest BCUT2D eigenvalue weighted by molar-refractivity contribution is 6.48. The highest BCUT2D eigenvalue weighted by Crippen LogP contribution is 2.43. The summed E-state index contributed by atoms with van der Waals surface area (Å²) in [6.07, 6.45) is 3.55. The molecule has 0 aliphatic heterocycles. The minimum absolute atomic E-state index is 0.202. The summed E-state index contributed by atoms with van der Waals surface area (Å²) in [5.41, 5.74) is 0.822. The van der Waals surface area contributed by atoms with Gasteiger partial charge in [0.15, 0.2) is 0 Å². The lowest BCUT2D eigenvalue weighted by atomic mass is 9.93. The summed E-state index contributed by atoms with van der Waals surface area (Å²) in [7, 11) is 0. The molecule has 0 saturated carbocycles. The SMILES string of the molecule is C=CCC(CC)c1c(Cl)c(Cl)cc(Cl)c1Cl. The van der Waals surface area contributed by atoms with E-state index in [1.54, 1.807) is 6.07 Å². The van der Waals surface area contributed by atoms with E-state index in [0.29, 0.717) is 20.1 Å². The van der Waals surface area contributed by atoms with Crippen molar-refractivity contribution in [3.63, 3.8) is 0 Å². The second-order valence-electron chi connectivity index (χ2n) is 3.51. The van der Waals surface area contributed by atoms with Crippen molar-refractivity contribution < 1.29 is 0 Å². The van der Waals surface area contributed by atoms with E-state index < -0.39 is 0 Å². The quantitative estimate of drug-likeness (QED) is 0.447. The Hall–Kier alpha value is 0.120. The standard InChI is InChI=1S/C12H12Cl4/c1-3-5-7(4-2)10-11(15)8(13)6-9(14)12(10)16/h3,6-7H,1,4-5H2,2H3. The van der Waals surface area contributed by atoms with Gasteiger partial charge in [-0.2, -0.15) is 0 Å². The summed E-state index contributed by atoms with van der Waals surface area (Å²) in [5.74, 6) is 0.202. The first-order valence-electron chi connectivity index (χ1n) is 4.96. The van der Waals surface area contributed by atoms with Gasteiger partial charge in [-0.25, -0.2) is 0 Å². The molecule has 0 heterocycles. The molecular weight excluding hydrogens is 286 g/mol. The lowest BCUT2D eigenvalue weighted by Gasteiger charge is -2.18. The van der Waals surface area contributed by atoms with Gasteiger partial charge in [-0.05, 0) is 30.4 Å². The van der Waals surface area contributed by atoms with Crippen molar-refractivity contribution in [1.29, 1.82) is 0 Å². The lowest BCUT2D eigenvalue weighted by Crippen LogP contribution is -1.99. The molecule has 1 unspecified atom stereocenters. The molecule has 1 rings (SSSR count). The van der Waals surface area contributed by atoms with Crippen LogP contribution in [-0.2, 0) is 0 Å². The van der Waals surface area contributed by atoms with Crippen LogP contribution in [0, 0.1) is 0 Å². The van der Waals surface area contributed by atoms with Gasteiger partial charge in [0, 0.05) is 0 Å². The topological polar surface area (TPSA) is 0 Å². The van der Waals surface area contributed by atoms with Crippen LogP contribution >= 0.6 is 46.4 Å². The minimum Gasteiger partial charge on any atom is -0.103 e. The highest BCUT2D eigenvalue weighted by Gasteiger charge is 2.20. The zero-order chi connectivity index (χ0) is 12.3. The van der Waals surface area contributed by atoms with Gasteiger partial charge in [0.05, 0.1) is 20.1 Å². The molecule has 0 radical (unpaired) electrons. The Labute approximate surface area is 116 Å². The van der Waals surface area contributed by atoms with Gasteiger partial charge in [-0.15, -0.1) is 6.58 Å². The Bertz CT molecular complexity index is 372. The van der Waals surface area contributed by atoms with E-state index in [1.807, 2.05) is 6.08 Å². The largest absolute Gasteiger partial charge is 0.103 e. The second kappa shape index (κ2) is 6.16. The predicted molar refractivity (Wildman–Crippen MR) is 74.3 cm³/mol. The van der Waals surface area contributed by atoms with Crippen LogP contribution in [0.5, 0.6) is 0 Å². The summed E-state index contributed by atoms with van der Waals surface area (Å²) in [4.78, 5) is 0. The fourth-order valence-corrected chi connectivity index (χ4v) is 2.77. The van der Waals surface area contributed by atoms with Gasteiger partial charge in [-0.1, -0.05) is 59.4 Å². The number of allylic oxidation sites excluding steroid dienone is 1. The normalized spacial score (nSPS) is 12.6. The predicted octanol–water partition coefficient (Wildman–Crippen LogP) is 6.37. The Balaban J connectivity index is 3.34. The van der Waals surface area contributed by atoms with Crippen molar-refractivity contribution >= 4 is 46.4 Å². The van der Waals surface area contributed by atoms with E-state index in [9.17, 15) is 0 Å². The Morgan fingerprint density at radius 2 is 1.69 bits per heavy atom. The van der Waals surface area contributed by atoms with E-state index in [4.69, 9.17) is 46.4 Å². The van der Waals surface area contributed by atoms with Crippen LogP contribution < -0.4 is 0 Å². The molecule has 1 atom stereocenters. The number of hydrogen-bond donors (Lipinski definition) is 0. The lowest BCUT2D eigenvalue weighted by molar-refractivity contribution is 0.675. The average molecular weight is 298 g/mol. The van der Waals surface area contributed by atoms with E-state index >= 15 is 0 Å². The van der Waals surface area contributed by atoms with Gasteiger partial charge in [0.1, 0.15) is 0 Å². The zero-order valence-electron chi connectivity index (χ0n) is 8.87. The molecule has 0 aliphatic carbocycles. The molecule has 88 valence electrons. The van der Waals surface area contributed by atoms with Gasteiger partial charge in [0.25, 0.3) is 0 Å². The van der Waals surface area contributed by atoms with E-state index in [-0.39, 0.29) is 5.92 Å². The van der Waals surface area contributed by atoms with Gasteiger partial charge >= 0.3 is 0 Å². The minimum atomic E-state index is 0.202. The van der Waals surface area contributed by atoms with Crippen LogP contribution in [0.1, 0.15) is 31.2 Å². The Morgan fingerprint density at radius 1 is 1.19 bits per heavy atom. The fourth-order valence-electron chi connectivity index (χ4n) is 1.64. The third kappa shape index (κ3) is 2.87. The van der Waals surface area contributed by atoms with E-state index in [1.165, 1.54) is 0 Å². The highest BCUT2D eigenvalue weighted by atomic mass is 35.5. The molecule has 0 aromatic heterocycles. The van der Waals surface area contributed by atoms with Crippen LogP contribution in [0.15, 0.2) is 18.7 Å². The summed E-state index contributed by atoms with van der Waals surface area (Å²) in [6.45, 7) is 5.79. The molecule has 0 bridgehead atoms. The van der Waals surface area contributed by atoms with Crippen LogP contribution in [0.4, 0.5) is 0 Å². The fraction of sp³-hybridized carbons (Fsp3) is 0.333. The van der Waals surface area contributed by atoms with Crippen molar-refractivity contribution in [2.24, 2.45) is 0 Å². The first kappa shape index (κ1) is 14.2. The van der Waals surface area contributed by atoms with Crippen LogP contribution in [-0.4, -0.2) is 0 Å². The smallest absolute Gasteiger partial charge is 0.0643 e. The van der Waals surface area contributed by atoms with Crippen molar-refractivity contribution in [1.82, 2.24) is 0 Å². The molecule has 0 saturated heterocycles. The monoisotopic (exact) mass is 296 g/mol. The zero-order valence-corrected chi connectivity index (χ0v) is 11.9. The summed E-state index contributed by atoms with van der Waals surface area (Å²) < 4.78 is 0. The summed E-state index contributed by atoms with van der Waals surface area (Å²) in [5, 5.41) is 1.86. The number of hydrogen-bond acceptors (Lipinski definition) is 0. The molecule has 1 aromatic carbocycles. The van der Waals surface area contributed by atoms with Crippen LogP contribution in [0.25, 0.3) is 0 Å². The van der Waals surface area contributed by atoms with Crippen molar-refractivity contribution in [3.05, 3.63) is 44.4 Å². The molecule has 0 nitrogen and oxygen atoms in total. The molecule has 0 fully saturated rings. The molecule has 0 spiro atoms. The van der Waals surface area contributed by atoms with E-state index in [2.05, 4.69) is 13.5 Å². The first-order chi connectivity index (χ1) is 7.52. The van der Waals surface area contributed by atoms with Crippen molar-refractivity contribution in [3.8, 4) is 0 Å². The number of benzene rings is 1. The third-order valence-corrected chi connectivity index (χ3v) is 4.10. The number of halogens is 4. The molecule has 0 aliphatic rings. The van der Waals surface area contributed by atoms with E-state index in [0.717, 1.165) is 18.4 Å². The van der Waals surface area contributed by atoms with Gasteiger partial charge < -0.3 is 0 Å². The summed E-state index contributed by atoms with van der Waals surface area (Å²) >= 11 is 24.3. The first-order valence-corrected chi connectivity index (χ1v) is 6.47. The van der Waals surface area contributed by atoms with Crippen LogP contribution in [0.2, 0.25) is 20.1 Å². The van der Waals surface area contributed by atoms with Gasteiger partial charge in [-0.3, -0.25) is 0 Å². The van der Waals surface area contributed by atoms with Gasteiger partial charge in [0.2, 0.25) is 0 Å². The molecule has 0 N–H and O–H groups in total.